The zero-order valence-electron chi connectivity index (χ0n) is 16.2. The molecule has 0 saturated carbocycles. The van der Waals surface area contributed by atoms with Gasteiger partial charge in [-0.3, -0.25) is 14.2 Å². The molecule has 0 bridgehead atoms. The van der Waals surface area contributed by atoms with Gasteiger partial charge in [0.15, 0.2) is 10.9 Å². The summed E-state index contributed by atoms with van der Waals surface area (Å²) in [6.45, 7) is 0. The summed E-state index contributed by atoms with van der Waals surface area (Å²) < 4.78 is 2.54. The Hall–Kier alpha value is -1.93. The minimum atomic E-state index is -0.0784. The highest BCUT2D eigenvalue weighted by atomic mass is 79.9. The second kappa shape index (κ2) is 8.54. The number of fused-ring (bicyclic) bond motifs is 3. The first kappa shape index (κ1) is 20.9. The van der Waals surface area contributed by atoms with E-state index in [1.165, 1.54) is 16.6 Å². The van der Waals surface area contributed by atoms with Crippen LogP contribution in [0.3, 0.4) is 0 Å². The van der Waals surface area contributed by atoms with Crippen LogP contribution in [0.5, 0.6) is 0 Å². The van der Waals surface area contributed by atoms with Crippen LogP contribution in [0.25, 0.3) is 15.9 Å². The Balaban J connectivity index is 1.58. The maximum absolute atomic E-state index is 13.6. The van der Waals surface area contributed by atoms with E-state index in [1.807, 2.05) is 24.3 Å². The summed E-state index contributed by atoms with van der Waals surface area (Å²) in [5, 5.41) is 1.84. The van der Waals surface area contributed by atoms with Crippen LogP contribution in [0.2, 0.25) is 5.02 Å². The molecule has 0 saturated heterocycles. The molecule has 0 unspecified atom stereocenters. The van der Waals surface area contributed by atoms with Crippen LogP contribution >= 0.6 is 50.6 Å². The quantitative estimate of drug-likeness (QED) is 0.172. The number of rotatable bonds is 5. The predicted molar refractivity (Wildman–Crippen MR) is 131 cm³/mol. The molecule has 4 nitrogen and oxygen atoms in total. The third-order valence-electron chi connectivity index (χ3n) is 5.29. The van der Waals surface area contributed by atoms with E-state index < -0.39 is 0 Å². The number of benzene rings is 2. The highest BCUT2D eigenvalue weighted by molar-refractivity contribution is 9.10. The van der Waals surface area contributed by atoms with Gasteiger partial charge in [0.2, 0.25) is 0 Å². The number of ketones is 1. The van der Waals surface area contributed by atoms with Gasteiger partial charge in [-0.1, -0.05) is 51.4 Å². The van der Waals surface area contributed by atoms with Gasteiger partial charge < -0.3 is 0 Å². The Morgan fingerprint density at radius 2 is 1.87 bits per heavy atom. The summed E-state index contributed by atoms with van der Waals surface area (Å²) in [7, 11) is 0. The van der Waals surface area contributed by atoms with E-state index in [4.69, 9.17) is 16.6 Å². The van der Waals surface area contributed by atoms with Crippen molar-refractivity contribution in [2.75, 3.05) is 5.75 Å². The first-order chi connectivity index (χ1) is 15.0. The highest BCUT2D eigenvalue weighted by Crippen LogP contribution is 2.36. The first-order valence-corrected chi connectivity index (χ1v) is 12.7. The summed E-state index contributed by atoms with van der Waals surface area (Å²) in [6.07, 6.45) is 3.00. The third kappa shape index (κ3) is 4.00. The molecule has 0 N–H and O–H groups in total. The minimum absolute atomic E-state index is 0.0109. The number of thiophene rings is 1. The monoisotopic (exact) mass is 530 g/mol. The number of carbonyl (C=O) groups excluding carboxylic acids is 1. The van der Waals surface area contributed by atoms with Crippen molar-refractivity contribution in [3.63, 3.8) is 0 Å². The SMILES string of the molecule is O=C(CSc1nc2sc3c(c2c(=O)n1-c1ccc(Cl)cc1)CCC3)c1ccc(Br)cc1. The average Bonchev–Trinajstić information content (AvgIpc) is 3.34. The number of aryl methyl sites for hydroxylation is 2. The number of carbonyl (C=O) groups is 1. The molecule has 0 atom stereocenters. The van der Waals surface area contributed by atoms with E-state index in [1.54, 1.807) is 40.2 Å². The number of hydrogen-bond acceptors (Lipinski definition) is 5. The third-order valence-corrected chi connectivity index (χ3v) is 8.20. The van der Waals surface area contributed by atoms with Crippen molar-refractivity contribution in [1.29, 1.82) is 0 Å². The summed E-state index contributed by atoms with van der Waals surface area (Å²) in [5.41, 5.74) is 2.39. The molecule has 0 aliphatic heterocycles. The van der Waals surface area contributed by atoms with Crippen molar-refractivity contribution >= 4 is 66.6 Å². The van der Waals surface area contributed by atoms with Crippen LogP contribution in [-0.2, 0) is 12.8 Å². The summed E-state index contributed by atoms with van der Waals surface area (Å²) in [5.74, 6) is 0.182. The van der Waals surface area contributed by atoms with Crippen LogP contribution in [0.4, 0.5) is 0 Å². The number of nitrogens with zero attached hydrogens (tertiary/aromatic N) is 2. The van der Waals surface area contributed by atoms with E-state index in [0.29, 0.717) is 21.4 Å². The molecule has 156 valence electrons. The van der Waals surface area contributed by atoms with Crippen LogP contribution in [-0.4, -0.2) is 21.1 Å². The van der Waals surface area contributed by atoms with E-state index in [9.17, 15) is 9.59 Å². The van der Waals surface area contributed by atoms with Crippen molar-refractivity contribution in [2.24, 2.45) is 0 Å². The Morgan fingerprint density at radius 1 is 1.13 bits per heavy atom. The Labute approximate surface area is 200 Å². The molecule has 0 radical (unpaired) electrons. The van der Waals surface area contributed by atoms with Crippen molar-refractivity contribution in [3.8, 4) is 5.69 Å². The Bertz CT molecular complexity index is 1360. The minimum Gasteiger partial charge on any atom is -0.293 e. The largest absolute Gasteiger partial charge is 0.293 e. The van der Waals surface area contributed by atoms with Gasteiger partial charge in [-0.05, 0) is 61.2 Å². The van der Waals surface area contributed by atoms with Gasteiger partial charge >= 0.3 is 0 Å². The number of aromatic nitrogens is 2. The lowest BCUT2D eigenvalue weighted by atomic mass is 10.2. The maximum Gasteiger partial charge on any atom is 0.267 e. The predicted octanol–water partition coefficient (Wildman–Crippen LogP) is 6.33. The van der Waals surface area contributed by atoms with E-state index in [2.05, 4.69) is 15.9 Å². The molecule has 2 aromatic carbocycles. The first-order valence-electron chi connectivity index (χ1n) is 9.76. The number of halogens is 2. The summed E-state index contributed by atoms with van der Waals surface area (Å²) in [4.78, 5) is 33.2. The van der Waals surface area contributed by atoms with Crippen LogP contribution in [0.1, 0.15) is 27.2 Å². The van der Waals surface area contributed by atoms with E-state index in [-0.39, 0.29) is 17.1 Å². The fraction of sp³-hybridized carbons (Fsp3) is 0.174. The maximum atomic E-state index is 13.6. The van der Waals surface area contributed by atoms with Crippen LogP contribution in [0, 0.1) is 0 Å². The normalized spacial score (nSPS) is 13.0. The van der Waals surface area contributed by atoms with E-state index >= 15 is 0 Å². The molecule has 1 aliphatic carbocycles. The zero-order valence-corrected chi connectivity index (χ0v) is 20.2. The molecule has 1 aliphatic rings. The van der Waals surface area contributed by atoms with Crippen molar-refractivity contribution < 1.29 is 4.79 Å². The summed E-state index contributed by atoms with van der Waals surface area (Å²) >= 11 is 12.3. The van der Waals surface area contributed by atoms with Crippen molar-refractivity contribution in [3.05, 3.63) is 84.4 Å². The standard InChI is InChI=1S/C23H16BrClN2O2S2/c24-14-6-4-13(5-7-14)18(28)12-30-23-26-21-20(17-2-1-3-19(17)31-21)22(29)27(23)16-10-8-15(25)9-11-16/h4-11H,1-3,12H2. The molecule has 0 fully saturated rings. The molecular formula is C23H16BrClN2O2S2. The number of Topliss-reactive ketones (excluding diaryl/α,β-unsaturated/α-hetero) is 1. The molecule has 2 aromatic heterocycles. The molecule has 0 amide bonds. The van der Waals surface area contributed by atoms with Gasteiger partial charge in [0.25, 0.3) is 5.56 Å². The van der Waals surface area contributed by atoms with Gasteiger partial charge in [0.05, 0.1) is 16.8 Å². The molecule has 8 heteroatoms. The molecular weight excluding hydrogens is 516 g/mol. The van der Waals surface area contributed by atoms with Crippen molar-refractivity contribution in [2.45, 2.75) is 24.4 Å². The topological polar surface area (TPSA) is 52.0 Å². The van der Waals surface area contributed by atoms with Gasteiger partial charge in [0, 0.05) is 19.9 Å². The van der Waals surface area contributed by atoms with Crippen LogP contribution < -0.4 is 5.56 Å². The second-order valence-electron chi connectivity index (χ2n) is 7.27. The Morgan fingerprint density at radius 3 is 2.61 bits per heavy atom. The molecule has 0 spiro atoms. The highest BCUT2D eigenvalue weighted by Gasteiger charge is 2.24. The Kier molecular flexibility index (Phi) is 5.77. The zero-order chi connectivity index (χ0) is 21.5. The second-order valence-corrected chi connectivity index (χ2v) is 10.6. The van der Waals surface area contributed by atoms with Crippen LogP contribution in [0.15, 0.2) is 63.0 Å². The van der Waals surface area contributed by atoms with Gasteiger partial charge in [0.1, 0.15) is 4.83 Å². The number of thioether (sulfide) groups is 1. The number of hydrogen-bond donors (Lipinski definition) is 0. The van der Waals surface area contributed by atoms with E-state index in [0.717, 1.165) is 39.5 Å². The van der Waals surface area contributed by atoms with Gasteiger partial charge in [-0.25, -0.2) is 4.98 Å². The molecule has 5 rings (SSSR count). The van der Waals surface area contributed by atoms with Gasteiger partial charge in [-0.2, -0.15) is 0 Å². The van der Waals surface area contributed by atoms with Gasteiger partial charge in [-0.15, -0.1) is 11.3 Å². The molecule has 4 aromatic rings. The lowest BCUT2D eigenvalue weighted by molar-refractivity contribution is 0.102. The molecule has 2 heterocycles. The lowest BCUT2D eigenvalue weighted by Gasteiger charge is -2.12. The lowest BCUT2D eigenvalue weighted by Crippen LogP contribution is -2.22. The fourth-order valence-corrected chi connectivity index (χ4v) is 6.39. The smallest absolute Gasteiger partial charge is 0.267 e. The van der Waals surface area contributed by atoms with Crippen molar-refractivity contribution in [1.82, 2.24) is 9.55 Å². The summed E-state index contributed by atoms with van der Waals surface area (Å²) in [6, 6.07) is 14.4. The molecule has 31 heavy (non-hydrogen) atoms. The average molecular weight is 532 g/mol. The fourth-order valence-electron chi connectivity index (χ4n) is 3.79.